The number of carbonyl (C=O) groups excluding carboxylic acids is 3. The van der Waals surface area contributed by atoms with Crippen LogP contribution in [0.25, 0.3) is 0 Å². The third kappa shape index (κ3) is 3.46. The van der Waals surface area contributed by atoms with Gasteiger partial charge in [0, 0.05) is 25.3 Å². The summed E-state index contributed by atoms with van der Waals surface area (Å²) < 4.78 is 6.73. The molecule has 10 nitrogen and oxygen atoms in total. The monoisotopic (exact) mass is 458 g/mol. The van der Waals surface area contributed by atoms with Crippen molar-refractivity contribution in [1.82, 2.24) is 20.0 Å². The zero-order chi connectivity index (χ0) is 19.9. The molecule has 2 amide bonds. The highest BCUT2D eigenvalue weighted by molar-refractivity contribution is 9.10. The molecule has 0 bridgehead atoms. The van der Waals surface area contributed by atoms with Gasteiger partial charge in [0.2, 0.25) is 0 Å². The Kier molecular flexibility index (Phi) is 5.29. The zero-order valence-electron chi connectivity index (χ0n) is 14.3. The molecular weight excluding hydrogens is 444 g/mol. The number of fused-ring (bicyclic) bond motifs is 1. The normalized spacial score (nSPS) is 21.4. The van der Waals surface area contributed by atoms with Crippen LogP contribution >= 0.6 is 27.7 Å². The van der Waals surface area contributed by atoms with E-state index in [1.54, 1.807) is 7.05 Å². The Hall–Kier alpha value is -2.34. The molecule has 0 spiro atoms. The number of carboxylic acids is 1. The molecule has 3 heterocycles. The molecule has 2 aliphatic rings. The van der Waals surface area contributed by atoms with Crippen LogP contribution in [0.15, 0.2) is 21.9 Å². The molecule has 1 saturated heterocycles. The second-order valence-corrected chi connectivity index (χ2v) is 7.82. The van der Waals surface area contributed by atoms with Crippen molar-refractivity contribution < 1.29 is 29.0 Å². The van der Waals surface area contributed by atoms with Crippen LogP contribution in [0.1, 0.15) is 17.4 Å². The maximum atomic E-state index is 12.5. The number of esters is 1. The highest BCUT2D eigenvalue weighted by atomic mass is 79.9. The number of halogens is 1. The lowest BCUT2D eigenvalue weighted by atomic mass is 10.0. The molecule has 2 N–H and O–H groups in total. The predicted octanol–water partition coefficient (Wildman–Crippen LogP) is 0.0979. The van der Waals surface area contributed by atoms with Crippen LogP contribution in [0.4, 0.5) is 0 Å². The molecule has 0 aromatic carbocycles. The van der Waals surface area contributed by atoms with E-state index in [1.165, 1.54) is 29.6 Å². The summed E-state index contributed by atoms with van der Waals surface area (Å²) in [5, 5.41) is 15.5. The Morgan fingerprint density at radius 2 is 2.19 bits per heavy atom. The van der Waals surface area contributed by atoms with E-state index in [1.807, 2.05) is 0 Å². The third-order valence-electron chi connectivity index (χ3n) is 4.10. The number of hydrogen-bond donors (Lipinski definition) is 2. The number of ether oxygens (including phenoxy) is 1. The third-order valence-corrected chi connectivity index (χ3v) is 6.02. The molecule has 12 heteroatoms. The van der Waals surface area contributed by atoms with Gasteiger partial charge in [-0.15, -0.1) is 11.8 Å². The maximum Gasteiger partial charge on any atom is 0.352 e. The molecule has 0 saturated carbocycles. The van der Waals surface area contributed by atoms with Crippen LogP contribution in [0.2, 0.25) is 0 Å². The van der Waals surface area contributed by atoms with Gasteiger partial charge in [0.05, 0.1) is 10.7 Å². The Bertz CT molecular complexity index is 862. The van der Waals surface area contributed by atoms with Crippen molar-refractivity contribution in [2.45, 2.75) is 18.3 Å². The molecule has 3 rings (SSSR count). The van der Waals surface area contributed by atoms with Crippen molar-refractivity contribution in [3.05, 3.63) is 27.6 Å². The number of carbonyl (C=O) groups is 4. The quantitative estimate of drug-likeness (QED) is 0.468. The summed E-state index contributed by atoms with van der Waals surface area (Å²) in [6.45, 7) is 1.02. The van der Waals surface area contributed by atoms with E-state index in [-0.39, 0.29) is 23.8 Å². The minimum atomic E-state index is -1.28. The standard InChI is InChI=1S/C15H15BrN4O6S/c1-6(21)26-4-7-5-27-14-9(13(23)20(14)10(7)15(24)25)18-12(22)11-8(16)3-17-19(11)2/h3,9,14H,4-5H2,1-2H3,(H,18,22)(H,24,25)/t9-,14+/m0/s1. The fourth-order valence-corrected chi connectivity index (χ4v) is 4.71. The Balaban J connectivity index is 1.78. The molecule has 1 fully saturated rings. The number of nitrogens with one attached hydrogen (secondary N) is 1. The van der Waals surface area contributed by atoms with Crippen molar-refractivity contribution in [3.8, 4) is 0 Å². The van der Waals surface area contributed by atoms with Crippen LogP contribution in [0.5, 0.6) is 0 Å². The van der Waals surface area contributed by atoms with Crippen LogP contribution in [0.3, 0.4) is 0 Å². The molecule has 27 heavy (non-hydrogen) atoms. The first kappa shape index (κ1) is 19.4. The summed E-state index contributed by atoms with van der Waals surface area (Å²) >= 11 is 4.52. The summed E-state index contributed by atoms with van der Waals surface area (Å²) in [5.41, 5.74) is 0.398. The number of aryl methyl sites for hydroxylation is 1. The van der Waals surface area contributed by atoms with E-state index in [9.17, 15) is 24.3 Å². The van der Waals surface area contributed by atoms with Gasteiger partial charge in [-0.05, 0) is 15.9 Å². The lowest BCUT2D eigenvalue weighted by Gasteiger charge is -2.49. The molecule has 1 aromatic heterocycles. The van der Waals surface area contributed by atoms with Crippen LogP contribution in [-0.4, -0.2) is 67.3 Å². The number of rotatable bonds is 5. The maximum absolute atomic E-state index is 12.5. The number of hydrogen-bond acceptors (Lipinski definition) is 7. The number of carboxylic acid groups (broad SMARTS) is 1. The number of thioether (sulfide) groups is 1. The molecular formula is C15H15BrN4O6S. The van der Waals surface area contributed by atoms with Gasteiger partial charge in [-0.1, -0.05) is 0 Å². The van der Waals surface area contributed by atoms with Gasteiger partial charge in [-0.25, -0.2) is 4.79 Å². The average molecular weight is 459 g/mol. The van der Waals surface area contributed by atoms with E-state index in [0.29, 0.717) is 10.0 Å². The topological polar surface area (TPSA) is 131 Å². The van der Waals surface area contributed by atoms with Gasteiger partial charge in [0.1, 0.15) is 29.4 Å². The minimum absolute atomic E-state index is 0.195. The van der Waals surface area contributed by atoms with E-state index in [2.05, 4.69) is 26.3 Å². The second kappa shape index (κ2) is 7.35. The predicted molar refractivity (Wildman–Crippen MR) is 96.5 cm³/mol. The molecule has 144 valence electrons. The Labute approximate surface area is 166 Å². The number of aliphatic carboxylic acids is 1. The summed E-state index contributed by atoms with van der Waals surface area (Å²) in [4.78, 5) is 48.7. The van der Waals surface area contributed by atoms with Gasteiger partial charge >= 0.3 is 11.9 Å². The Morgan fingerprint density at radius 1 is 1.48 bits per heavy atom. The highest BCUT2D eigenvalue weighted by Crippen LogP contribution is 2.40. The van der Waals surface area contributed by atoms with Crippen molar-refractivity contribution in [3.63, 3.8) is 0 Å². The van der Waals surface area contributed by atoms with E-state index in [0.717, 1.165) is 4.90 Å². The first-order valence-electron chi connectivity index (χ1n) is 7.74. The average Bonchev–Trinajstić information content (AvgIpc) is 2.94. The van der Waals surface area contributed by atoms with Gasteiger partial charge < -0.3 is 15.2 Å². The lowest BCUT2D eigenvalue weighted by Crippen LogP contribution is -2.70. The minimum Gasteiger partial charge on any atom is -0.477 e. The molecule has 0 unspecified atom stereocenters. The van der Waals surface area contributed by atoms with Crippen molar-refractivity contribution in [1.29, 1.82) is 0 Å². The van der Waals surface area contributed by atoms with Gasteiger partial charge in [0.15, 0.2) is 0 Å². The van der Waals surface area contributed by atoms with Gasteiger partial charge in [-0.2, -0.15) is 5.10 Å². The summed E-state index contributed by atoms with van der Waals surface area (Å²) in [6.07, 6.45) is 1.46. The van der Waals surface area contributed by atoms with Crippen LogP contribution < -0.4 is 5.32 Å². The lowest BCUT2D eigenvalue weighted by molar-refractivity contribution is -0.149. The number of nitrogens with zero attached hydrogens (tertiary/aromatic N) is 3. The van der Waals surface area contributed by atoms with E-state index < -0.39 is 35.2 Å². The molecule has 0 radical (unpaired) electrons. The molecule has 2 aliphatic heterocycles. The first-order chi connectivity index (χ1) is 12.7. The number of amides is 2. The smallest absolute Gasteiger partial charge is 0.352 e. The van der Waals surface area contributed by atoms with Crippen molar-refractivity contribution in [2.24, 2.45) is 7.05 Å². The summed E-state index contributed by atoms with van der Waals surface area (Å²) in [7, 11) is 1.59. The fraction of sp³-hybridized carbons (Fsp3) is 0.400. The summed E-state index contributed by atoms with van der Waals surface area (Å²) in [5.74, 6) is -2.58. The number of β-lactam (4-membered cyclic amide) rings is 1. The van der Waals surface area contributed by atoms with Gasteiger partial charge in [-0.3, -0.25) is 24.0 Å². The highest BCUT2D eigenvalue weighted by Gasteiger charge is 2.54. The van der Waals surface area contributed by atoms with E-state index in [4.69, 9.17) is 4.74 Å². The van der Waals surface area contributed by atoms with Crippen molar-refractivity contribution in [2.75, 3.05) is 12.4 Å². The van der Waals surface area contributed by atoms with Gasteiger partial charge in [0.25, 0.3) is 11.8 Å². The molecule has 2 atom stereocenters. The first-order valence-corrected chi connectivity index (χ1v) is 9.58. The molecule has 0 aliphatic carbocycles. The second-order valence-electron chi connectivity index (χ2n) is 5.86. The Morgan fingerprint density at radius 3 is 2.74 bits per heavy atom. The van der Waals surface area contributed by atoms with E-state index >= 15 is 0 Å². The zero-order valence-corrected chi connectivity index (χ0v) is 16.7. The SMILES string of the molecule is CC(=O)OCC1=C(C(=O)O)N2C(=O)[C@H](NC(=O)c3c(Br)cnn3C)[C@H]2SC1. The fourth-order valence-electron chi connectivity index (χ4n) is 2.86. The van der Waals surface area contributed by atoms with Crippen LogP contribution in [-0.2, 0) is 26.2 Å². The largest absolute Gasteiger partial charge is 0.477 e. The van der Waals surface area contributed by atoms with Crippen molar-refractivity contribution >= 4 is 51.4 Å². The summed E-state index contributed by atoms with van der Waals surface area (Å²) in [6, 6.07) is -0.853. The van der Waals surface area contributed by atoms with Crippen LogP contribution in [0, 0.1) is 0 Å². The molecule has 1 aromatic rings. The number of aromatic nitrogens is 2.